The van der Waals surface area contributed by atoms with Gasteiger partial charge in [0.1, 0.15) is 6.61 Å². The Bertz CT molecular complexity index is 431. The highest BCUT2D eigenvalue weighted by molar-refractivity contribution is 5.86. The van der Waals surface area contributed by atoms with Gasteiger partial charge in [-0.1, -0.05) is 32.6 Å². The summed E-state index contributed by atoms with van der Waals surface area (Å²) in [4.78, 5) is 13.7. The molecule has 1 aromatic carbocycles. The van der Waals surface area contributed by atoms with Crippen molar-refractivity contribution in [3.8, 4) is 0 Å². The normalized spacial score (nSPS) is 10.2. The van der Waals surface area contributed by atoms with Crippen molar-refractivity contribution in [2.24, 2.45) is 0 Å². The van der Waals surface area contributed by atoms with Crippen LogP contribution in [-0.4, -0.2) is 19.1 Å². The summed E-state index contributed by atoms with van der Waals surface area (Å²) in [6.07, 6.45) is 2.27. The zero-order valence-corrected chi connectivity index (χ0v) is 12.8. The SMILES string of the molecule is C=C(C)C(=O)OCc1ccc(N(CCC)CCC)cc1. The first-order chi connectivity index (χ1) is 9.58. The van der Waals surface area contributed by atoms with Crippen molar-refractivity contribution in [1.82, 2.24) is 0 Å². The Labute approximate surface area is 122 Å². The monoisotopic (exact) mass is 275 g/mol. The lowest BCUT2D eigenvalue weighted by Crippen LogP contribution is -2.24. The van der Waals surface area contributed by atoms with Crippen molar-refractivity contribution in [3.63, 3.8) is 0 Å². The third kappa shape index (κ3) is 5.08. The van der Waals surface area contributed by atoms with Gasteiger partial charge in [-0.05, 0) is 37.5 Å². The standard InChI is InChI=1S/C17H25NO2/c1-5-11-18(12-6-2)16-9-7-15(8-10-16)13-20-17(19)14(3)4/h7-10H,3,5-6,11-13H2,1-2,4H3. The highest BCUT2D eigenvalue weighted by atomic mass is 16.5. The number of anilines is 1. The molecule has 0 aliphatic heterocycles. The number of esters is 1. The molecule has 0 heterocycles. The molecule has 1 rings (SSSR count). The van der Waals surface area contributed by atoms with E-state index in [2.05, 4.69) is 37.5 Å². The lowest BCUT2D eigenvalue weighted by Gasteiger charge is -2.23. The summed E-state index contributed by atoms with van der Waals surface area (Å²) in [7, 11) is 0. The van der Waals surface area contributed by atoms with Crippen LogP contribution < -0.4 is 4.90 Å². The van der Waals surface area contributed by atoms with Gasteiger partial charge >= 0.3 is 5.97 Å². The first kappa shape index (κ1) is 16.3. The molecule has 0 spiro atoms. The van der Waals surface area contributed by atoms with Gasteiger partial charge < -0.3 is 9.64 Å². The van der Waals surface area contributed by atoms with E-state index in [4.69, 9.17) is 4.74 Å². The molecule has 0 radical (unpaired) electrons. The fourth-order valence-corrected chi connectivity index (χ4v) is 1.98. The molecule has 110 valence electrons. The van der Waals surface area contributed by atoms with Gasteiger partial charge in [-0.3, -0.25) is 0 Å². The van der Waals surface area contributed by atoms with Crippen LogP contribution in [0.4, 0.5) is 5.69 Å². The molecule has 0 bridgehead atoms. The lowest BCUT2D eigenvalue weighted by atomic mass is 10.2. The molecule has 0 amide bonds. The molecule has 0 fully saturated rings. The molecule has 0 saturated heterocycles. The number of carbonyl (C=O) groups is 1. The average molecular weight is 275 g/mol. The maximum absolute atomic E-state index is 11.3. The van der Waals surface area contributed by atoms with Gasteiger partial charge in [0.15, 0.2) is 0 Å². The smallest absolute Gasteiger partial charge is 0.333 e. The van der Waals surface area contributed by atoms with E-state index in [0.717, 1.165) is 31.5 Å². The average Bonchev–Trinajstić information content (AvgIpc) is 2.45. The van der Waals surface area contributed by atoms with E-state index >= 15 is 0 Å². The number of nitrogens with zero attached hydrogens (tertiary/aromatic N) is 1. The lowest BCUT2D eigenvalue weighted by molar-refractivity contribution is -0.140. The van der Waals surface area contributed by atoms with Crippen LogP contribution in [0.5, 0.6) is 0 Å². The van der Waals surface area contributed by atoms with Crippen molar-refractivity contribution in [3.05, 3.63) is 42.0 Å². The Morgan fingerprint density at radius 2 is 1.70 bits per heavy atom. The number of ether oxygens (including phenoxy) is 1. The van der Waals surface area contributed by atoms with E-state index < -0.39 is 0 Å². The van der Waals surface area contributed by atoms with Crippen LogP contribution in [0, 0.1) is 0 Å². The highest BCUT2D eigenvalue weighted by Gasteiger charge is 2.06. The summed E-state index contributed by atoms with van der Waals surface area (Å²) in [5.74, 6) is -0.340. The minimum Gasteiger partial charge on any atom is -0.457 e. The van der Waals surface area contributed by atoms with Gasteiger partial charge in [-0.2, -0.15) is 0 Å². The van der Waals surface area contributed by atoms with E-state index in [1.807, 2.05) is 12.1 Å². The molecule has 0 saturated carbocycles. The summed E-state index contributed by atoms with van der Waals surface area (Å²) < 4.78 is 5.13. The topological polar surface area (TPSA) is 29.5 Å². The molecule has 0 aliphatic rings. The van der Waals surface area contributed by atoms with Crippen LogP contribution in [0.25, 0.3) is 0 Å². The quantitative estimate of drug-likeness (QED) is 0.532. The molecule has 3 heteroatoms. The molecule has 3 nitrogen and oxygen atoms in total. The molecule has 1 aromatic rings. The Hall–Kier alpha value is -1.77. The Balaban J connectivity index is 2.62. The second-order valence-electron chi connectivity index (χ2n) is 5.01. The molecular weight excluding hydrogens is 250 g/mol. The van der Waals surface area contributed by atoms with E-state index in [9.17, 15) is 4.79 Å². The zero-order valence-electron chi connectivity index (χ0n) is 12.8. The van der Waals surface area contributed by atoms with Crippen LogP contribution >= 0.6 is 0 Å². The number of rotatable bonds is 8. The molecular formula is C17H25NO2. The number of hydrogen-bond donors (Lipinski definition) is 0. The summed E-state index contributed by atoms with van der Waals surface area (Å²) in [5, 5.41) is 0. The minimum absolute atomic E-state index is 0.299. The van der Waals surface area contributed by atoms with Gasteiger partial charge in [0.2, 0.25) is 0 Å². The Kier molecular flexibility index (Phi) is 6.85. The third-order valence-corrected chi connectivity index (χ3v) is 3.01. The number of hydrogen-bond acceptors (Lipinski definition) is 3. The molecule has 0 N–H and O–H groups in total. The largest absolute Gasteiger partial charge is 0.457 e. The fourth-order valence-electron chi connectivity index (χ4n) is 1.98. The highest BCUT2D eigenvalue weighted by Crippen LogP contribution is 2.17. The summed E-state index contributed by atoms with van der Waals surface area (Å²) in [5.41, 5.74) is 2.65. The molecule has 0 aliphatic carbocycles. The van der Waals surface area contributed by atoms with E-state index in [0.29, 0.717) is 12.2 Å². The second-order valence-corrected chi connectivity index (χ2v) is 5.01. The third-order valence-electron chi connectivity index (χ3n) is 3.01. The fraction of sp³-hybridized carbons (Fsp3) is 0.471. The zero-order chi connectivity index (χ0) is 15.0. The van der Waals surface area contributed by atoms with Crippen molar-refractivity contribution in [2.45, 2.75) is 40.2 Å². The van der Waals surface area contributed by atoms with E-state index in [-0.39, 0.29) is 5.97 Å². The van der Waals surface area contributed by atoms with Crippen molar-refractivity contribution < 1.29 is 9.53 Å². The first-order valence-corrected chi connectivity index (χ1v) is 7.25. The number of benzene rings is 1. The predicted molar refractivity (Wildman–Crippen MR) is 83.8 cm³/mol. The van der Waals surface area contributed by atoms with Gasteiger partial charge in [0.25, 0.3) is 0 Å². The summed E-state index contributed by atoms with van der Waals surface area (Å²) in [6.45, 7) is 12.0. The Morgan fingerprint density at radius 1 is 1.15 bits per heavy atom. The van der Waals surface area contributed by atoms with Crippen molar-refractivity contribution >= 4 is 11.7 Å². The molecule has 0 aromatic heterocycles. The van der Waals surface area contributed by atoms with Crippen LogP contribution in [0.3, 0.4) is 0 Å². The van der Waals surface area contributed by atoms with Crippen LogP contribution in [0.2, 0.25) is 0 Å². The van der Waals surface area contributed by atoms with Crippen LogP contribution in [0.15, 0.2) is 36.4 Å². The summed E-state index contributed by atoms with van der Waals surface area (Å²) >= 11 is 0. The predicted octanol–water partition coefficient (Wildman–Crippen LogP) is 3.93. The van der Waals surface area contributed by atoms with E-state index in [1.54, 1.807) is 6.92 Å². The van der Waals surface area contributed by atoms with Gasteiger partial charge in [0.05, 0.1) is 0 Å². The summed E-state index contributed by atoms with van der Waals surface area (Å²) in [6, 6.07) is 8.21. The minimum atomic E-state index is -0.340. The molecule has 0 atom stereocenters. The van der Waals surface area contributed by atoms with Gasteiger partial charge in [-0.25, -0.2) is 4.79 Å². The Morgan fingerprint density at radius 3 is 2.15 bits per heavy atom. The number of carbonyl (C=O) groups excluding carboxylic acids is 1. The van der Waals surface area contributed by atoms with Crippen molar-refractivity contribution in [1.29, 1.82) is 0 Å². The van der Waals surface area contributed by atoms with Crippen molar-refractivity contribution in [2.75, 3.05) is 18.0 Å². The second kappa shape index (κ2) is 8.41. The van der Waals surface area contributed by atoms with E-state index in [1.165, 1.54) is 5.69 Å². The van der Waals surface area contributed by atoms with Crippen LogP contribution in [0.1, 0.15) is 39.2 Å². The first-order valence-electron chi connectivity index (χ1n) is 7.25. The molecule has 0 unspecified atom stereocenters. The van der Waals surface area contributed by atoms with Gasteiger partial charge in [0, 0.05) is 24.4 Å². The van der Waals surface area contributed by atoms with Crippen LogP contribution in [-0.2, 0) is 16.1 Å². The maximum atomic E-state index is 11.3. The molecule has 20 heavy (non-hydrogen) atoms. The van der Waals surface area contributed by atoms with Gasteiger partial charge in [-0.15, -0.1) is 0 Å². The maximum Gasteiger partial charge on any atom is 0.333 e.